The van der Waals surface area contributed by atoms with Gasteiger partial charge in [-0.25, -0.2) is 0 Å². The molecule has 1 rings (SSSR count). The van der Waals surface area contributed by atoms with Crippen molar-refractivity contribution in [2.24, 2.45) is 5.92 Å². The van der Waals surface area contributed by atoms with Crippen molar-refractivity contribution in [1.29, 1.82) is 0 Å². The van der Waals surface area contributed by atoms with Gasteiger partial charge in [-0.2, -0.15) is 0 Å². The first kappa shape index (κ1) is 10.0. The van der Waals surface area contributed by atoms with Crippen LogP contribution in [0.4, 0.5) is 0 Å². The van der Waals surface area contributed by atoms with Crippen molar-refractivity contribution in [3.8, 4) is 0 Å². The van der Waals surface area contributed by atoms with E-state index in [2.05, 4.69) is 24.5 Å². The van der Waals surface area contributed by atoms with Gasteiger partial charge < -0.3 is 10.6 Å². The lowest BCUT2D eigenvalue weighted by molar-refractivity contribution is 0.518. The minimum absolute atomic E-state index is 0.605. The first-order valence-electron chi connectivity index (χ1n) is 5.18. The standard InChI is InChI=1S/C10H22N2/c1-4-5-9-6-10(9)12-7-8(2)11-3/h8-12H,4-7H2,1-3H3. The van der Waals surface area contributed by atoms with Gasteiger partial charge in [0.1, 0.15) is 0 Å². The van der Waals surface area contributed by atoms with Crippen molar-refractivity contribution in [2.75, 3.05) is 13.6 Å². The fraction of sp³-hybridized carbons (Fsp3) is 1.00. The molecule has 0 aromatic carbocycles. The lowest BCUT2D eigenvalue weighted by atomic mass is 10.2. The SMILES string of the molecule is CCCC1CC1NCC(C)NC. The van der Waals surface area contributed by atoms with E-state index in [1.807, 2.05) is 7.05 Å². The highest BCUT2D eigenvalue weighted by Crippen LogP contribution is 2.34. The summed E-state index contributed by atoms with van der Waals surface area (Å²) in [5.41, 5.74) is 0. The van der Waals surface area contributed by atoms with Crippen LogP contribution in [0.1, 0.15) is 33.1 Å². The fourth-order valence-electron chi connectivity index (χ4n) is 1.62. The number of hydrogen-bond donors (Lipinski definition) is 2. The lowest BCUT2D eigenvalue weighted by Gasteiger charge is -2.10. The molecule has 0 heterocycles. The maximum absolute atomic E-state index is 3.58. The van der Waals surface area contributed by atoms with E-state index in [4.69, 9.17) is 0 Å². The molecule has 72 valence electrons. The van der Waals surface area contributed by atoms with Crippen LogP contribution in [0.25, 0.3) is 0 Å². The van der Waals surface area contributed by atoms with Crippen molar-refractivity contribution in [3.05, 3.63) is 0 Å². The fourth-order valence-corrected chi connectivity index (χ4v) is 1.62. The van der Waals surface area contributed by atoms with Crippen LogP contribution in [0, 0.1) is 5.92 Å². The summed E-state index contributed by atoms with van der Waals surface area (Å²) < 4.78 is 0. The minimum atomic E-state index is 0.605. The highest BCUT2D eigenvalue weighted by Gasteiger charge is 2.35. The maximum atomic E-state index is 3.58. The Bertz CT molecular complexity index is 125. The van der Waals surface area contributed by atoms with Gasteiger partial charge in [-0.15, -0.1) is 0 Å². The van der Waals surface area contributed by atoms with E-state index < -0.39 is 0 Å². The normalized spacial score (nSPS) is 30.2. The summed E-state index contributed by atoms with van der Waals surface area (Å²) in [6.45, 7) is 5.59. The summed E-state index contributed by atoms with van der Waals surface area (Å²) in [6, 6.07) is 1.44. The molecular weight excluding hydrogens is 148 g/mol. The van der Waals surface area contributed by atoms with Crippen LogP contribution >= 0.6 is 0 Å². The summed E-state index contributed by atoms with van der Waals surface area (Å²) >= 11 is 0. The average Bonchev–Trinajstić information content (AvgIpc) is 2.80. The Morgan fingerprint density at radius 1 is 1.50 bits per heavy atom. The zero-order valence-corrected chi connectivity index (χ0v) is 8.56. The molecule has 12 heavy (non-hydrogen) atoms. The second-order valence-corrected chi connectivity index (χ2v) is 3.99. The van der Waals surface area contributed by atoms with Crippen LogP contribution in [0.15, 0.2) is 0 Å². The molecule has 2 heteroatoms. The highest BCUT2D eigenvalue weighted by atomic mass is 15.0. The van der Waals surface area contributed by atoms with Crippen molar-refractivity contribution in [3.63, 3.8) is 0 Å². The molecule has 1 aliphatic carbocycles. The Kier molecular flexibility index (Phi) is 4.02. The summed E-state index contributed by atoms with van der Waals surface area (Å²) in [4.78, 5) is 0. The molecule has 0 saturated heterocycles. The molecule has 2 N–H and O–H groups in total. The second-order valence-electron chi connectivity index (χ2n) is 3.99. The van der Waals surface area contributed by atoms with Gasteiger partial charge in [-0.1, -0.05) is 13.3 Å². The number of rotatable bonds is 6. The summed E-state index contributed by atoms with van der Waals surface area (Å²) in [5.74, 6) is 0.985. The average molecular weight is 170 g/mol. The zero-order valence-electron chi connectivity index (χ0n) is 8.56. The molecule has 2 nitrogen and oxygen atoms in total. The van der Waals surface area contributed by atoms with E-state index in [1.165, 1.54) is 19.3 Å². The number of likely N-dealkylation sites (N-methyl/N-ethyl adjacent to an activating group) is 1. The maximum Gasteiger partial charge on any atom is 0.0161 e. The Morgan fingerprint density at radius 3 is 2.83 bits per heavy atom. The smallest absolute Gasteiger partial charge is 0.0161 e. The van der Waals surface area contributed by atoms with Gasteiger partial charge in [0.25, 0.3) is 0 Å². The van der Waals surface area contributed by atoms with Crippen molar-refractivity contribution < 1.29 is 0 Å². The largest absolute Gasteiger partial charge is 0.316 e. The molecular formula is C10H22N2. The Morgan fingerprint density at radius 2 is 2.25 bits per heavy atom. The van der Waals surface area contributed by atoms with Gasteiger partial charge >= 0.3 is 0 Å². The number of hydrogen-bond acceptors (Lipinski definition) is 2. The van der Waals surface area contributed by atoms with Crippen LogP contribution in [0.2, 0.25) is 0 Å². The van der Waals surface area contributed by atoms with Crippen molar-refractivity contribution in [2.45, 2.75) is 45.2 Å². The molecule has 3 atom stereocenters. The monoisotopic (exact) mass is 170 g/mol. The molecule has 0 spiro atoms. The van der Waals surface area contributed by atoms with Crippen LogP contribution < -0.4 is 10.6 Å². The first-order chi connectivity index (χ1) is 5.77. The van der Waals surface area contributed by atoms with E-state index in [1.54, 1.807) is 0 Å². The molecule has 0 amide bonds. The predicted molar refractivity (Wildman–Crippen MR) is 53.3 cm³/mol. The van der Waals surface area contributed by atoms with Crippen molar-refractivity contribution in [1.82, 2.24) is 10.6 Å². The first-order valence-corrected chi connectivity index (χ1v) is 5.18. The topological polar surface area (TPSA) is 24.1 Å². The van der Waals surface area contributed by atoms with Gasteiger partial charge in [-0.05, 0) is 32.7 Å². The lowest BCUT2D eigenvalue weighted by Crippen LogP contribution is -2.35. The van der Waals surface area contributed by atoms with E-state index in [0.29, 0.717) is 6.04 Å². The molecule has 1 fully saturated rings. The van der Waals surface area contributed by atoms with Crippen LogP contribution in [-0.4, -0.2) is 25.7 Å². The molecule has 0 aromatic heterocycles. The van der Waals surface area contributed by atoms with Gasteiger partial charge in [0, 0.05) is 18.6 Å². The Labute approximate surface area is 76.1 Å². The quantitative estimate of drug-likeness (QED) is 0.629. The Balaban J connectivity index is 1.96. The highest BCUT2D eigenvalue weighted by molar-refractivity contribution is 4.92. The van der Waals surface area contributed by atoms with E-state index in [0.717, 1.165) is 18.5 Å². The summed E-state index contributed by atoms with van der Waals surface area (Å²) in [6.07, 6.45) is 4.15. The van der Waals surface area contributed by atoms with Crippen LogP contribution in [-0.2, 0) is 0 Å². The van der Waals surface area contributed by atoms with Gasteiger partial charge in [-0.3, -0.25) is 0 Å². The third kappa shape index (κ3) is 3.11. The summed E-state index contributed by atoms with van der Waals surface area (Å²) in [5, 5.41) is 6.81. The second kappa shape index (κ2) is 4.83. The van der Waals surface area contributed by atoms with Gasteiger partial charge in [0.15, 0.2) is 0 Å². The predicted octanol–water partition coefficient (Wildman–Crippen LogP) is 1.37. The third-order valence-electron chi connectivity index (χ3n) is 2.76. The van der Waals surface area contributed by atoms with E-state index in [9.17, 15) is 0 Å². The molecule has 1 aliphatic rings. The summed E-state index contributed by atoms with van der Waals surface area (Å²) in [7, 11) is 2.02. The molecule has 0 radical (unpaired) electrons. The van der Waals surface area contributed by atoms with E-state index >= 15 is 0 Å². The molecule has 0 bridgehead atoms. The van der Waals surface area contributed by atoms with Gasteiger partial charge in [0.05, 0.1) is 0 Å². The molecule has 0 aromatic rings. The van der Waals surface area contributed by atoms with Crippen molar-refractivity contribution >= 4 is 0 Å². The van der Waals surface area contributed by atoms with Gasteiger partial charge in [0.2, 0.25) is 0 Å². The van der Waals surface area contributed by atoms with Crippen LogP contribution in [0.3, 0.4) is 0 Å². The van der Waals surface area contributed by atoms with Crippen LogP contribution in [0.5, 0.6) is 0 Å². The molecule has 3 unspecified atom stereocenters. The Hall–Kier alpha value is -0.0800. The molecule has 0 aliphatic heterocycles. The number of nitrogens with one attached hydrogen (secondary N) is 2. The molecule has 1 saturated carbocycles. The third-order valence-corrected chi connectivity index (χ3v) is 2.76. The minimum Gasteiger partial charge on any atom is -0.316 e. The zero-order chi connectivity index (χ0) is 8.97. The van der Waals surface area contributed by atoms with E-state index in [-0.39, 0.29) is 0 Å².